The molecule has 36 heavy (non-hydrogen) atoms. The van der Waals surface area contributed by atoms with Crippen molar-refractivity contribution >= 4 is 35.8 Å². The summed E-state index contributed by atoms with van der Waals surface area (Å²) in [7, 11) is -0.315. The maximum atomic E-state index is 12.5. The SMILES string of the molecule is CN1C[C@H]2CCCc3cc(Nc4ncc(C#N)c(Nc5cccc(P(C)(C)=O)n5)n4)cc(c32)C1(C)C. The minimum absolute atomic E-state index is 0.0669. The summed E-state index contributed by atoms with van der Waals surface area (Å²) >= 11 is 0. The van der Waals surface area contributed by atoms with Gasteiger partial charge in [-0.2, -0.15) is 10.2 Å². The van der Waals surface area contributed by atoms with Crippen LogP contribution in [0.4, 0.5) is 23.3 Å². The third-order valence-electron chi connectivity index (χ3n) is 7.48. The van der Waals surface area contributed by atoms with E-state index in [1.54, 1.807) is 31.5 Å². The van der Waals surface area contributed by atoms with E-state index >= 15 is 0 Å². The number of nitrogens with one attached hydrogen (secondary N) is 2. The molecule has 0 radical (unpaired) electrons. The molecular formula is C27H32N7OP. The highest BCUT2D eigenvalue weighted by Crippen LogP contribution is 2.46. The van der Waals surface area contributed by atoms with Crippen LogP contribution in [0.25, 0.3) is 0 Å². The molecule has 1 aliphatic heterocycles. The van der Waals surface area contributed by atoms with Crippen LogP contribution in [0.5, 0.6) is 0 Å². The topological polar surface area (TPSA) is 107 Å². The van der Waals surface area contributed by atoms with Gasteiger partial charge in [0.1, 0.15) is 30.0 Å². The average molecular weight is 502 g/mol. The molecule has 186 valence electrons. The van der Waals surface area contributed by atoms with Crippen molar-refractivity contribution in [3.05, 3.63) is 58.8 Å². The number of hydrogen-bond acceptors (Lipinski definition) is 8. The third kappa shape index (κ3) is 4.50. The van der Waals surface area contributed by atoms with Gasteiger partial charge in [-0.3, -0.25) is 4.90 Å². The summed E-state index contributed by atoms with van der Waals surface area (Å²) < 4.78 is 12.5. The van der Waals surface area contributed by atoms with Crippen molar-refractivity contribution in [2.24, 2.45) is 0 Å². The first kappa shape index (κ1) is 24.4. The molecule has 0 amide bonds. The number of nitriles is 1. The summed E-state index contributed by atoms with van der Waals surface area (Å²) in [5, 5.41) is 16.1. The van der Waals surface area contributed by atoms with Gasteiger partial charge in [0, 0.05) is 17.8 Å². The average Bonchev–Trinajstić information content (AvgIpc) is 2.83. The Kier molecular flexibility index (Phi) is 6.10. The number of pyridine rings is 1. The second-order valence-corrected chi connectivity index (χ2v) is 13.8. The molecule has 0 unspecified atom stereocenters. The lowest BCUT2D eigenvalue weighted by atomic mass is 9.71. The molecule has 8 nitrogen and oxygen atoms in total. The minimum Gasteiger partial charge on any atom is -0.324 e. The highest BCUT2D eigenvalue weighted by molar-refractivity contribution is 7.69. The second-order valence-electron chi connectivity index (χ2n) is 10.7. The molecule has 9 heteroatoms. The fourth-order valence-electron chi connectivity index (χ4n) is 5.27. The largest absolute Gasteiger partial charge is 0.324 e. The van der Waals surface area contributed by atoms with Crippen LogP contribution in [0.2, 0.25) is 0 Å². The number of benzene rings is 1. The van der Waals surface area contributed by atoms with Crippen LogP contribution < -0.4 is 16.1 Å². The molecular weight excluding hydrogens is 469 g/mol. The Labute approximate surface area is 212 Å². The maximum absolute atomic E-state index is 12.5. The number of aryl methyl sites for hydroxylation is 1. The molecule has 2 N–H and O–H groups in total. The van der Waals surface area contributed by atoms with E-state index in [1.807, 2.05) is 0 Å². The standard InChI is InChI=1S/C27H32N7OP/c1-27(2)21-13-20(12-17-8-6-9-18(24(17)21)16-34(27)3)30-26-29-15-19(14-28)25(33-26)32-22-10-7-11-23(31-22)36(4,5)35/h7,10-13,15,18H,6,8-9,16H2,1-5H3,(H2,29,30,31,32,33)/t18-/m1/s1. The number of likely N-dealkylation sites (N-methyl/N-ethyl adjacent to an activating group) is 1. The Morgan fingerprint density at radius 1 is 1.19 bits per heavy atom. The quantitative estimate of drug-likeness (QED) is 0.466. The van der Waals surface area contributed by atoms with Crippen molar-refractivity contribution in [1.82, 2.24) is 19.9 Å². The van der Waals surface area contributed by atoms with Gasteiger partial charge in [0.25, 0.3) is 0 Å². The molecule has 1 atom stereocenters. The highest BCUT2D eigenvalue weighted by atomic mass is 31.2. The molecule has 0 saturated carbocycles. The molecule has 1 aliphatic carbocycles. The van der Waals surface area contributed by atoms with Gasteiger partial charge in [-0.1, -0.05) is 6.07 Å². The van der Waals surface area contributed by atoms with Crippen molar-refractivity contribution in [1.29, 1.82) is 5.26 Å². The summed E-state index contributed by atoms with van der Waals surface area (Å²) in [4.78, 5) is 15.9. The number of hydrogen-bond donors (Lipinski definition) is 2. The maximum Gasteiger partial charge on any atom is 0.229 e. The van der Waals surface area contributed by atoms with Crippen LogP contribution in [0.1, 0.15) is 54.9 Å². The highest BCUT2D eigenvalue weighted by Gasteiger charge is 2.39. The molecule has 0 fully saturated rings. The van der Waals surface area contributed by atoms with Gasteiger partial charge in [-0.25, -0.2) is 9.97 Å². The van der Waals surface area contributed by atoms with Gasteiger partial charge in [-0.05, 0) is 100 Å². The zero-order valence-electron chi connectivity index (χ0n) is 21.5. The van der Waals surface area contributed by atoms with Crippen LogP contribution in [0.15, 0.2) is 36.5 Å². The molecule has 0 saturated heterocycles. The van der Waals surface area contributed by atoms with Gasteiger partial charge in [0.05, 0.1) is 6.20 Å². The summed E-state index contributed by atoms with van der Waals surface area (Å²) in [5.41, 5.74) is 5.99. The van der Waals surface area contributed by atoms with E-state index in [1.165, 1.54) is 35.7 Å². The van der Waals surface area contributed by atoms with Crippen molar-refractivity contribution in [3.8, 4) is 6.07 Å². The van der Waals surface area contributed by atoms with Crippen LogP contribution >= 0.6 is 7.14 Å². The Morgan fingerprint density at radius 3 is 2.75 bits per heavy atom. The van der Waals surface area contributed by atoms with Crippen molar-refractivity contribution in [2.45, 2.75) is 44.6 Å². The minimum atomic E-state index is -2.52. The van der Waals surface area contributed by atoms with Crippen LogP contribution in [0, 0.1) is 11.3 Å². The number of anilines is 4. The summed E-state index contributed by atoms with van der Waals surface area (Å²) in [6, 6.07) is 11.9. The lowest BCUT2D eigenvalue weighted by Gasteiger charge is -2.47. The molecule has 3 heterocycles. The fourth-order valence-corrected chi connectivity index (χ4v) is 6.07. The summed E-state index contributed by atoms with van der Waals surface area (Å²) in [5.74, 6) is 1.81. The van der Waals surface area contributed by atoms with E-state index in [0.29, 0.717) is 34.5 Å². The summed E-state index contributed by atoms with van der Waals surface area (Å²) in [6.07, 6.45) is 5.02. The predicted molar refractivity (Wildman–Crippen MR) is 144 cm³/mol. The van der Waals surface area contributed by atoms with E-state index < -0.39 is 7.14 Å². The van der Waals surface area contributed by atoms with E-state index in [0.717, 1.165) is 18.7 Å². The number of aromatic nitrogens is 3. The van der Waals surface area contributed by atoms with E-state index in [-0.39, 0.29) is 5.54 Å². The number of rotatable bonds is 5. The first-order chi connectivity index (χ1) is 17.1. The molecule has 3 aromatic rings. The predicted octanol–water partition coefficient (Wildman–Crippen LogP) is 5.08. The van der Waals surface area contributed by atoms with Gasteiger partial charge in [0.2, 0.25) is 5.95 Å². The number of nitrogens with zero attached hydrogens (tertiary/aromatic N) is 5. The summed E-state index contributed by atoms with van der Waals surface area (Å²) in [6.45, 7) is 9.02. The molecule has 0 spiro atoms. The van der Waals surface area contributed by atoms with Crippen molar-refractivity contribution < 1.29 is 4.57 Å². The van der Waals surface area contributed by atoms with E-state index in [4.69, 9.17) is 0 Å². The van der Waals surface area contributed by atoms with Gasteiger partial charge < -0.3 is 15.2 Å². The van der Waals surface area contributed by atoms with E-state index in [2.05, 4.69) is 69.6 Å². The van der Waals surface area contributed by atoms with Gasteiger partial charge in [-0.15, -0.1) is 0 Å². The Morgan fingerprint density at radius 2 is 2.00 bits per heavy atom. The van der Waals surface area contributed by atoms with Crippen molar-refractivity contribution in [2.75, 3.05) is 37.6 Å². The Balaban J connectivity index is 1.48. The Hall–Kier alpha value is -3.27. The molecule has 2 aliphatic rings. The normalized spacial score (nSPS) is 18.7. The third-order valence-corrected chi connectivity index (χ3v) is 8.83. The Bertz CT molecular complexity index is 1420. The van der Waals surface area contributed by atoms with Crippen LogP contribution in [-0.4, -0.2) is 46.8 Å². The molecule has 5 rings (SSSR count). The van der Waals surface area contributed by atoms with Crippen molar-refractivity contribution in [3.63, 3.8) is 0 Å². The zero-order chi connectivity index (χ0) is 25.7. The van der Waals surface area contributed by atoms with Gasteiger partial charge >= 0.3 is 0 Å². The fraction of sp³-hybridized carbons (Fsp3) is 0.407. The first-order valence-corrected chi connectivity index (χ1v) is 14.9. The lowest BCUT2D eigenvalue weighted by Crippen LogP contribution is -2.46. The molecule has 2 aromatic heterocycles. The first-order valence-electron chi connectivity index (χ1n) is 12.3. The van der Waals surface area contributed by atoms with E-state index in [9.17, 15) is 9.83 Å². The van der Waals surface area contributed by atoms with Crippen LogP contribution in [0.3, 0.4) is 0 Å². The smallest absolute Gasteiger partial charge is 0.229 e. The zero-order valence-corrected chi connectivity index (χ0v) is 22.4. The second kappa shape index (κ2) is 8.99. The lowest BCUT2D eigenvalue weighted by molar-refractivity contribution is 0.122. The van der Waals surface area contributed by atoms with Gasteiger partial charge in [0.15, 0.2) is 5.82 Å². The molecule has 0 bridgehead atoms. The monoisotopic (exact) mass is 501 g/mol. The van der Waals surface area contributed by atoms with Crippen LogP contribution in [-0.2, 0) is 16.5 Å². The molecule has 1 aromatic carbocycles.